The molecule has 1 aromatic carbocycles. The lowest BCUT2D eigenvalue weighted by Crippen LogP contribution is -2.21. The molecular weight excluding hydrogens is 242 g/mol. The van der Waals surface area contributed by atoms with Crippen LogP contribution in [0.3, 0.4) is 0 Å². The first-order valence-electron chi connectivity index (χ1n) is 6.20. The first-order chi connectivity index (χ1) is 9.16. The molecule has 1 aromatic heterocycles. The van der Waals surface area contributed by atoms with Crippen LogP contribution < -0.4 is 0 Å². The summed E-state index contributed by atoms with van der Waals surface area (Å²) in [7, 11) is 1.97. The van der Waals surface area contributed by atoms with Crippen LogP contribution >= 0.6 is 0 Å². The van der Waals surface area contributed by atoms with E-state index in [1.165, 1.54) is 11.6 Å². The Bertz CT molecular complexity index is 586. The first-order valence-corrected chi connectivity index (χ1v) is 6.20. The lowest BCUT2D eigenvalue weighted by Gasteiger charge is -2.13. The number of hydrogen-bond donors (Lipinski definition) is 1. The Morgan fingerprint density at radius 2 is 2.21 bits per heavy atom. The molecule has 0 radical (unpaired) electrons. The van der Waals surface area contributed by atoms with Gasteiger partial charge in [0.25, 0.3) is 0 Å². The first kappa shape index (κ1) is 13.4. The quantitative estimate of drug-likeness (QED) is 0.810. The fourth-order valence-corrected chi connectivity index (χ4v) is 1.96. The minimum Gasteiger partial charge on any atom is -0.478 e. The minimum atomic E-state index is -0.908. The normalized spacial score (nSPS) is 11.7. The number of furan rings is 1. The summed E-state index contributed by atoms with van der Waals surface area (Å²) < 4.78 is 5.48. The van der Waals surface area contributed by atoms with E-state index in [-0.39, 0.29) is 0 Å². The predicted molar refractivity (Wildman–Crippen MR) is 74.2 cm³/mol. The molecule has 4 nitrogen and oxygen atoms in total. The zero-order valence-corrected chi connectivity index (χ0v) is 10.9. The number of aliphatic carboxylic acids is 1. The SMILES string of the molecule is CN(C/C=C/C(=O)O)CCc1coc2ccccc12. The van der Waals surface area contributed by atoms with Crippen LogP contribution in [0.5, 0.6) is 0 Å². The average molecular weight is 259 g/mol. The second-order valence-electron chi connectivity index (χ2n) is 4.51. The third-order valence-corrected chi connectivity index (χ3v) is 3.00. The molecule has 0 atom stereocenters. The van der Waals surface area contributed by atoms with E-state index in [0.29, 0.717) is 6.54 Å². The van der Waals surface area contributed by atoms with E-state index in [1.54, 1.807) is 12.3 Å². The molecule has 0 fully saturated rings. The van der Waals surface area contributed by atoms with Gasteiger partial charge in [-0.15, -0.1) is 0 Å². The van der Waals surface area contributed by atoms with E-state index < -0.39 is 5.97 Å². The number of likely N-dealkylation sites (N-methyl/N-ethyl adjacent to an activating group) is 1. The molecule has 0 aliphatic rings. The molecule has 2 aromatic rings. The number of carboxylic acid groups (broad SMARTS) is 1. The lowest BCUT2D eigenvalue weighted by molar-refractivity contribution is -0.131. The Labute approximate surface area is 111 Å². The summed E-state index contributed by atoms with van der Waals surface area (Å²) in [4.78, 5) is 12.4. The van der Waals surface area contributed by atoms with Gasteiger partial charge in [-0.05, 0) is 25.1 Å². The van der Waals surface area contributed by atoms with Gasteiger partial charge >= 0.3 is 5.97 Å². The summed E-state index contributed by atoms with van der Waals surface area (Å²) in [5.41, 5.74) is 2.09. The molecule has 0 amide bonds. The van der Waals surface area contributed by atoms with Crippen LogP contribution in [0.4, 0.5) is 0 Å². The highest BCUT2D eigenvalue weighted by Gasteiger charge is 2.05. The highest BCUT2D eigenvalue weighted by Crippen LogP contribution is 2.20. The molecule has 0 aliphatic heterocycles. The molecule has 0 spiro atoms. The number of carboxylic acids is 1. The van der Waals surface area contributed by atoms with Crippen LogP contribution in [0.1, 0.15) is 5.56 Å². The number of benzene rings is 1. The molecule has 19 heavy (non-hydrogen) atoms. The number of rotatable bonds is 6. The van der Waals surface area contributed by atoms with Gasteiger partial charge in [0, 0.05) is 24.6 Å². The number of hydrogen-bond acceptors (Lipinski definition) is 3. The van der Waals surface area contributed by atoms with Crippen LogP contribution in [0, 0.1) is 0 Å². The molecule has 1 N–H and O–H groups in total. The maximum atomic E-state index is 10.4. The summed E-state index contributed by atoms with van der Waals surface area (Å²) in [5, 5.41) is 9.66. The zero-order chi connectivity index (χ0) is 13.7. The van der Waals surface area contributed by atoms with E-state index in [1.807, 2.05) is 25.2 Å². The number of carbonyl (C=O) groups is 1. The summed E-state index contributed by atoms with van der Waals surface area (Å²) in [6, 6.07) is 7.97. The highest BCUT2D eigenvalue weighted by molar-refractivity contribution is 5.81. The molecule has 0 saturated heterocycles. The number of fused-ring (bicyclic) bond motifs is 1. The Morgan fingerprint density at radius 1 is 1.42 bits per heavy atom. The second kappa shape index (κ2) is 6.20. The molecular formula is C15H17NO3. The van der Waals surface area contributed by atoms with Gasteiger partial charge in [-0.25, -0.2) is 4.79 Å². The van der Waals surface area contributed by atoms with Gasteiger partial charge in [0.15, 0.2) is 0 Å². The molecule has 4 heteroatoms. The van der Waals surface area contributed by atoms with Crippen LogP contribution in [0.2, 0.25) is 0 Å². The van der Waals surface area contributed by atoms with E-state index in [4.69, 9.17) is 9.52 Å². The van der Waals surface area contributed by atoms with Crippen LogP contribution in [0.15, 0.2) is 47.1 Å². The van der Waals surface area contributed by atoms with Crippen molar-refractivity contribution in [3.8, 4) is 0 Å². The molecule has 0 aliphatic carbocycles. The predicted octanol–water partition coefficient (Wildman–Crippen LogP) is 2.55. The van der Waals surface area contributed by atoms with Crippen molar-refractivity contribution in [3.63, 3.8) is 0 Å². The molecule has 1 heterocycles. The maximum absolute atomic E-state index is 10.4. The zero-order valence-electron chi connectivity index (χ0n) is 10.9. The summed E-state index contributed by atoms with van der Waals surface area (Å²) in [6.07, 6.45) is 5.50. The molecule has 100 valence electrons. The van der Waals surface area contributed by atoms with E-state index >= 15 is 0 Å². The van der Waals surface area contributed by atoms with Crippen LogP contribution in [-0.2, 0) is 11.2 Å². The van der Waals surface area contributed by atoms with Crippen LogP contribution in [-0.4, -0.2) is 36.1 Å². The van der Waals surface area contributed by atoms with Gasteiger partial charge in [0.2, 0.25) is 0 Å². The third kappa shape index (κ3) is 3.69. The van der Waals surface area contributed by atoms with Gasteiger partial charge < -0.3 is 14.4 Å². The summed E-state index contributed by atoms with van der Waals surface area (Å²) in [5.74, 6) is -0.908. The smallest absolute Gasteiger partial charge is 0.328 e. The Balaban J connectivity index is 1.90. The Hall–Kier alpha value is -2.07. The van der Waals surface area contributed by atoms with Crippen molar-refractivity contribution in [2.24, 2.45) is 0 Å². The van der Waals surface area contributed by atoms with Crippen molar-refractivity contribution in [1.29, 1.82) is 0 Å². The second-order valence-corrected chi connectivity index (χ2v) is 4.51. The lowest BCUT2D eigenvalue weighted by atomic mass is 10.1. The van der Waals surface area contributed by atoms with Gasteiger partial charge in [0.1, 0.15) is 5.58 Å². The van der Waals surface area contributed by atoms with Gasteiger partial charge in [-0.3, -0.25) is 0 Å². The monoisotopic (exact) mass is 259 g/mol. The van der Waals surface area contributed by atoms with Gasteiger partial charge in [-0.1, -0.05) is 24.3 Å². The maximum Gasteiger partial charge on any atom is 0.328 e. The largest absolute Gasteiger partial charge is 0.478 e. The van der Waals surface area contributed by atoms with E-state index in [9.17, 15) is 4.79 Å². The van der Waals surface area contributed by atoms with Crippen molar-refractivity contribution < 1.29 is 14.3 Å². The van der Waals surface area contributed by atoms with Gasteiger partial charge in [0.05, 0.1) is 6.26 Å². The molecule has 0 bridgehead atoms. The fourth-order valence-electron chi connectivity index (χ4n) is 1.96. The van der Waals surface area contributed by atoms with Crippen molar-refractivity contribution in [2.45, 2.75) is 6.42 Å². The number of para-hydroxylation sites is 1. The molecule has 0 saturated carbocycles. The van der Waals surface area contributed by atoms with E-state index in [0.717, 1.165) is 23.9 Å². The fraction of sp³-hybridized carbons (Fsp3) is 0.267. The Morgan fingerprint density at radius 3 is 3.00 bits per heavy atom. The van der Waals surface area contributed by atoms with Crippen LogP contribution in [0.25, 0.3) is 11.0 Å². The average Bonchev–Trinajstić information content (AvgIpc) is 2.79. The molecule has 0 unspecified atom stereocenters. The van der Waals surface area contributed by atoms with Crippen molar-refractivity contribution >= 4 is 16.9 Å². The van der Waals surface area contributed by atoms with Crippen molar-refractivity contribution in [3.05, 3.63) is 48.2 Å². The topological polar surface area (TPSA) is 53.7 Å². The summed E-state index contributed by atoms with van der Waals surface area (Å²) in [6.45, 7) is 1.48. The standard InChI is InChI=1S/C15H17NO3/c1-16(9-4-7-15(17)18)10-8-12-11-19-14-6-3-2-5-13(12)14/h2-7,11H,8-10H2,1H3,(H,17,18)/b7-4+. The minimum absolute atomic E-state index is 0.627. The Kier molecular flexibility index (Phi) is 4.36. The van der Waals surface area contributed by atoms with Crippen molar-refractivity contribution in [2.75, 3.05) is 20.1 Å². The third-order valence-electron chi connectivity index (χ3n) is 3.00. The summed E-state index contributed by atoms with van der Waals surface area (Å²) >= 11 is 0. The van der Waals surface area contributed by atoms with Crippen molar-refractivity contribution in [1.82, 2.24) is 4.90 Å². The van der Waals surface area contributed by atoms with E-state index in [2.05, 4.69) is 11.0 Å². The molecule has 2 rings (SSSR count). The number of nitrogens with zero attached hydrogens (tertiary/aromatic N) is 1. The van der Waals surface area contributed by atoms with Gasteiger partial charge in [-0.2, -0.15) is 0 Å². The highest BCUT2D eigenvalue weighted by atomic mass is 16.4.